The predicted molar refractivity (Wildman–Crippen MR) is 91.6 cm³/mol. The molecule has 130 valence electrons. The lowest BCUT2D eigenvalue weighted by atomic mass is 9.94. The zero-order chi connectivity index (χ0) is 18.0. The number of nitrogens with zero attached hydrogens (tertiary/aromatic N) is 1. The molecule has 0 aromatic heterocycles. The summed E-state index contributed by atoms with van der Waals surface area (Å²) in [4.78, 5) is 25.4. The Morgan fingerprint density at radius 2 is 1.76 bits per heavy atom. The van der Waals surface area contributed by atoms with Gasteiger partial charge in [-0.2, -0.15) is 0 Å². The van der Waals surface area contributed by atoms with Gasteiger partial charge in [0.25, 0.3) is 0 Å². The van der Waals surface area contributed by atoms with E-state index < -0.39 is 11.4 Å². The molecule has 4 nitrogen and oxygen atoms in total. The normalized spacial score (nSPS) is 14.8. The van der Waals surface area contributed by atoms with Crippen LogP contribution >= 0.6 is 0 Å². The van der Waals surface area contributed by atoms with Crippen molar-refractivity contribution in [2.45, 2.75) is 25.8 Å². The summed E-state index contributed by atoms with van der Waals surface area (Å²) in [6, 6.07) is 13.1. The Morgan fingerprint density at radius 3 is 2.32 bits per heavy atom. The minimum absolute atomic E-state index is 0.0121. The Kier molecular flexibility index (Phi) is 4.57. The number of benzene rings is 2. The molecule has 1 saturated carbocycles. The lowest BCUT2D eigenvalue weighted by Gasteiger charge is -2.24. The van der Waals surface area contributed by atoms with E-state index in [1.54, 1.807) is 42.3 Å². The number of carboxylic acid groups (broad SMARTS) is 1. The van der Waals surface area contributed by atoms with Gasteiger partial charge in [-0.05, 0) is 48.6 Å². The smallest absolute Gasteiger partial charge is 0.335 e. The van der Waals surface area contributed by atoms with Gasteiger partial charge in [-0.25, -0.2) is 9.18 Å². The summed E-state index contributed by atoms with van der Waals surface area (Å²) in [6.45, 7) is 0.401. The van der Waals surface area contributed by atoms with Crippen LogP contribution < -0.4 is 0 Å². The molecule has 1 fully saturated rings. The van der Waals surface area contributed by atoms with Crippen molar-refractivity contribution < 1.29 is 19.1 Å². The van der Waals surface area contributed by atoms with E-state index in [1.807, 2.05) is 0 Å². The molecule has 2 aromatic carbocycles. The van der Waals surface area contributed by atoms with Gasteiger partial charge in [-0.15, -0.1) is 0 Å². The molecule has 1 aliphatic rings. The Hall–Kier alpha value is -2.69. The summed E-state index contributed by atoms with van der Waals surface area (Å²) >= 11 is 0. The van der Waals surface area contributed by atoms with Crippen LogP contribution in [0.5, 0.6) is 0 Å². The van der Waals surface area contributed by atoms with Crippen molar-refractivity contribution >= 4 is 11.9 Å². The molecule has 1 aliphatic carbocycles. The number of hydrogen-bond donors (Lipinski definition) is 1. The maximum absolute atomic E-state index is 13.9. The van der Waals surface area contributed by atoms with Gasteiger partial charge in [-0.1, -0.05) is 30.3 Å². The molecule has 0 aliphatic heterocycles. The molecule has 0 radical (unpaired) electrons. The highest BCUT2D eigenvalue weighted by Gasteiger charge is 2.51. The monoisotopic (exact) mass is 341 g/mol. The van der Waals surface area contributed by atoms with E-state index in [1.165, 1.54) is 18.2 Å². The van der Waals surface area contributed by atoms with Crippen molar-refractivity contribution in [3.05, 3.63) is 71.0 Å². The van der Waals surface area contributed by atoms with Gasteiger partial charge in [0.2, 0.25) is 5.91 Å². The zero-order valence-electron chi connectivity index (χ0n) is 14.0. The molecular formula is C20H20FNO3. The van der Waals surface area contributed by atoms with Crippen molar-refractivity contribution in [1.82, 2.24) is 4.90 Å². The van der Waals surface area contributed by atoms with Crippen LogP contribution in [0, 0.1) is 11.2 Å². The number of rotatable bonds is 6. The van der Waals surface area contributed by atoms with E-state index in [0.717, 1.165) is 18.4 Å². The van der Waals surface area contributed by atoms with Gasteiger partial charge in [0.15, 0.2) is 0 Å². The molecule has 5 heteroatoms. The van der Waals surface area contributed by atoms with Crippen molar-refractivity contribution in [3.63, 3.8) is 0 Å². The highest BCUT2D eigenvalue weighted by molar-refractivity contribution is 5.87. The van der Waals surface area contributed by atoms with Gasteiger partial charge in [0.1, 0.15) is 5.82 Å². The van der Waals surface area contributed by atoms with E-state index in [9.17, 15) is 14.0 Å². The summed E-state index contributed by atoms with van der Waals surface area (Å²) in [5.74, 6) is -1.23. The minimum atomic E-state index is -0.974. The molecule has 0 atom stereocenters. The minimum Gasteiger partial charge on any atom is -0.478 e. The second-order valence-corrected chi connectivity index (χ2v) is 6.71. The van der Waals surface area contributed by atoms with E-state index >= 15 is 0 Å². The van der Waals surface area contributed by atoms with Gasteiger partial charge in [-0.3, -0.25) is 4.79 Å². The SMILES string of the molecule is CN(Cc1ccc(C(=O)O)cc1)C(=O)C1(Cc2ccccc2F)CC1. The quantitative estimate of drug-likeness (QED) is 0.875. The fourth-order valence-corrected chi connectivity index (χ4v) is 3.13. The van der Waals surface area contributed by atoms with Gasteiger partial charge >= 0.3 is 5.97 Å². The number of carbonyl (C=O) groups is 2. The molecule has 1 amide bonds. The highest BCUT2D eigenvalue weighted by Crippen LogP contribution is 2.50. The molecule has 0 heterocycles. The lowest BCUT2D eigenvalue weighted by molar-refractivity contribution is -0.136. The van der Waals surface area contributed by atoms with Crippen LogP contribution in [0.3, 0.4) is 0 Å². The first-order valence-corrected chi connectivity index (χ1v) is 8.22. The number of halogens is 1. The first kappa shape index (κ1) is 17.1. The molecule has 3 rings (SSSR count). The standard InChI is InChI=1S/C20H20FNO3/c1-22(13-14-6-8-15(9-7-14)18(23)24)19(25)20(10-11-20)12-16-4-2-3-5-17(16)21/h2-9H,10-13H2,1H3,(H,23,24). The maximum atomic E-state index is 13.9. The largest absolute Gasteiger partial charge is 0.478 e. The summed E-state index contributed by atoms with van der Waals surface area (Å²) in [5, 5.41) is 8.93. The average Bonchev–Trinajstić information content (AvgIpc) is 3.37. The lowest BCUT2D eigenvalue weighted by Crippen LogP contribution is -2.35. The average molecular weight is 341 g/mol. The third kappa shape index (κ3) is 3.71. The van der Waals surface area contributed by atoms with Crippen LogP contribution in [-0.2, 0) is 17.8 Å². The Morgan fingerprint density at radius 1 is 1.12 bits per heavy atom. The molecule has 0 unspecified atom stereocenters. The Balaban J connectivity index is 1.67. The molecule has 2 aromatic rings. The third-order valence-corrected chi connectivity index (χ3v) is 4.76. The van der Waals surface area contributed by atoms with Gasteiger partial charge < -0.3 is 10.0 Å². The summed E-state index contributed by atoms with van der Waals surface area (Å²) in [5.41, 5.74) is 1.16. The van der Waals surface area contributed by atoms with Crippen molar-refractivity contribution in [2.75, 3.05) is 7.05 Å². The van der Waals surface area contributed by atoms with Crippen LogP contribution in [0.4, 0.5) is 4.39 Å². The third-order valence-electron chi connectivity index (χ3n) is 4.76. The fraction of sp³-hybridized carbons (Fsp3) is 0.300. The maximum Gasteiger partial charge on any atom is 0.335 e. The summed E-state index contributed by atoms with van der Waals surface area (Å²) in [7, 11) is 1.73. The topological polar surface area (TPSA) is 57.6 Å². The van der Waals surface area contributed by atoms with E-state index in [4.69, 9.17) is 5.11 Å². The number of carboxylic acids is 1. The number of aromatic carboxylic acids is 1. The van der Waals surface area contributed by atoms with Crippen LogP contribution in [0.2, 0.25) is 0 Å². The molecular weight excluding hydrogens is 321 g/mol. The first-order valence-electron chi connectivity index (χ1n) is 8.22. The van der Waals surface area contributed by atoms with E-state index in [2.05, 4.69) is 0 Å². The molecule has 25 heavy (non-hydrogen) atoms. The second kappa shape index (κ2) is 6.67. The van der Waals surface area contributed by atoms with Crippen molar-refractivity contribution in [2.24, 2.45) is 5.41 Å². The first-order chi connectivity index (χ1) is 11.9. The predicted octanol–water partition coefficient (Wildman–Crippen LogP) is 3.51. The van der Waals surface area contributed by atoms with E-state index in [0.29, 0.717) is 18.5 Å². The summed E-state index contributed by atoms with van der Waals surface area (Å²) < 4.78 is 13.9. The van der Waals surface area contributed by atoms with Crippen LogP contribution in [0.1, 0.15) is 34.3 Å². The molecule has 1 N–H and O–H groups in total. The zero-order valence-corrected chi connectivity index (χ0v) is 14.0. The van der Waals surface area contributed by atoms with Gasteiger partial charge in [0.05, 0.1) is 11.0 Å². The van der Waals surface area contributed by atoms with Crippen LogP contribution in [-0.4, -0.2) is 28.9 Å². The van der Waals surface area contributed by atoms with Crippen molar-refractivity contribution in [1.29, 1.82) is 0 Å². The summed E-state index contributed by atoms with van der Waals surface area (Å²) in [6.07, 6.45) is 1.95. The van der Waals surface area contributed by atoms with E-state index in [-0.39, 0.29) is 17.3 Å². The Labute approximate surface area is 145 Å². The Bertz CT molecular complexity index is 797. The number of hydrogen-bond acceptors (Lipinski definition) is 2. The molecule has 0 spiro atoms. The molecule has 0 saturated heterocycles. The number of carbonyl (C=O) groups excluding carboxylic acids is 1. The van der Waals surface area contributed by atoms with Crippen molar-refractivity contribution in [3.8, 4) is 0 Å². The van der Waals surface area contributed by atoms with Gasteiger partial charge in [0, 0.05) is 13.6 Å². The van der Waals surface area contributed by atoms with Crippen LogP contribution in [0.15, 0.2) is 48.5 Å². The fourth-order valence-electron chi connectivity index (χ4n) is 3.13. The highest BCUT2D eigenvalue weighted by atomic mass is 19.1. The molecule has 0 bridgehead atoms. The number of amides is 1. The van der Waals surface area contributed by atoms with Crippen LogP contribution in [0.25, 0.3) is 0 Å². The second-order valence-electron chi connectivity index (χ2n) is 6.71.